The average molecular weight is 595 g/mol. The van der Waals surface area contributed by atoms with E-state index in [1.807, 2.05) is 36.5 Å². The van der Waals surface area contributed by atoms with Gasteiger partial charge in [0.15, 0.2) is 0 Å². The third kappa shape index (κ3) is 4.40. The number of benzene rings is 5. The highest BCUT2D eigenvalue weighted by Gasteiger charge is 2.29. The molecule has 0 radical (unpaired) electrons. The number of fused-ring (bicyclic) bond motifs is 7. The van der Waals surface area contributed by atoms with Crippen molar-refractivity contribution in [1.29, 1.82) is 0 Å². The van der Waals surface area contributed by atoms with E-state index in [0.29, 0.717) is 0 Å². The number of aromatic nitrogens is 2. The topological polar surface area (TPSA) is 51.1 Å². The van der Waals surface area contributed by atoms with Crippen LogP contribution >= 0.6 is 0 Å². The summed E-state index contributed by atoms with van der Waals surface area (Å²) in [6.45, 7) is 0. The Labute approximate surface area is 267 Å². The summed E-state index contributed by atoms with van der Waals surface area (Å²) >= 11 is 0. The van der Waals surface area contributed by atoms with Crippen LogP contribution in [0.25, 0.3) is 44.8 Å². The number of hydrogen-bond donors (Lipinski definition) is 2. The van der Waals surface area contributed by atoms with Crippen molar-refractivity contribution in [3.05, 3.63) is 175 Å². The Morgan fingerprint density at radius 2 is 1.33 bits per heavy atom. The molecule has 5 nitrogen and oxygen atoms in total. The van der Waals surface area contributed by atoms with Gasteiger partial charge in [0.25, 0.3) is 0 Å². The molecular formula is C41H30N4O. The van der Waals surface area contributed by atoms with Crippen molar-refractivity contribution in [3.8, 4) is 39.6 Å². The molecule has 2 aliphatic heterocycles. The summed E-state index contributed by atoms with van der Waals surface area (Å²) in [7, 11) is 0. The minimum absolute atomic E-state index is 0.0358. The summed E-state index contributed by atoms with van der Waals surface area (Å²) in [5.41, 5.74) is 10.9. The maximum atomic E-state index is 6.55. The summed E-state index contributed by atoms with van der Waals surface area (Å²) in [4.78, 5) is 4.97. The maximum Gasteiger partial charge on any atom is 0.145 e. The van der Waals surface area contributed by atoms with E-state index in [4.69, 9.17) is 9.72 Å². The number of para-hydroxylation sites is 2. The molecular weight excluding hydrogens is 564 g/mol. The molecule has 220 valence electrons. The monoisotopic (exact) mass is 594 g/mol. The largest absolute Gasteiger partial charge is 0.456 e. The molecule has 4 heterocycles. The SMILES string of the molecule is C1=C(c2ccccc2)NC(c2ccccc2)NC1c1cccc(-n2c3c(c4cccnc42)-c2ccccc2Oc2ccccc2-3)c1. The predicted octanol–water partition coefficient (Wildman–Crippen LogP) is 9.44. The lowest BCUT2D eigenvalue weighted by Gasteiger charge is -2.33. The fourth-order valence-corrected chi connectivity index (χ4v) is 6.84. The fourth-order valence-electron chi connectivity index (χ4n) is 6.84. The molecule has 46 heavy (non-hydrogen) atoms. The van der Waals surface area contributed by atoms with Crippen LogP contribution in [0.15, 0.2) is 158 Å². The van der Waals surface area contributed by atoms with Crippen molar-refractivity contribution in [2.45, 2.75) is 12.2 Å². The third-order valence-electron chi connectivity index (χ3n) is 8.93. The summed E-state index contributed by atoms with van der Waals surface area (Å²) in [6, 6.07) is 50.7. The number of nitrogens with zero attached hydrogens (tertiary/aromatic N) is 2. The van der Waals surface area contributed by atoms with Crippen molar-refractivity contribution in [3.63, 3.8) is 0 Å². The molecule has 0 aliphatic carbocycles. The molecule has 2 atom stereocenters. The Hall–Kier alpha value is -5.91. The van der Waals surface area contributed by atoms with E-state index in [1.165, 1.54) is 11.1 Å². The number of hydrogen-bond acceptors (Lipinski definition) is 4. The van der Waals surface area contributed by atoms with Gasteiger partial charge in [0, 0.05) is 39.7 Å². The van der Waals surface area contributed by atoms with E-state index < -0.39 is 0 Å². The van der Waals surface area contributed by atoms with Crippen LogP contribution in [-0.2, 0) is 0 Å². The Kier molecular flexibility index (Phi) is 6.28. The van der Waals surface area contributed by atoms with Crippen molar-refractivity contribution in [2.75, 3.05) is 0 Å². The number of pyridine rings is 1. The van der Waals surface area contributed by atoms with E-state index in [0.717, 1.165) is 61.9 Å². The standard InChI is InChI=1S/C41H30N4O/c1-3-13-27(14-4-1)34-26-35(44-40(43-34)28-15-5-2-6-16-28)29-17-11-18-30(25-29)45-39-32-20-8-10-23-37(32)46-36-22-9-7-19-31(36)38(39)33-21-12-24-42-41(33)45/h1-26,35,40,43-44H. The van der Waals surface area contributed by atoms with Crippen molar-refractivity contribution in [1.82, 2.24) is 20.2 Å². The lowest BCUT2D eigenvalue weighted by molar-refractivity contribution is 0.442. The predicted molar refractivity (Wildman–Crippen MR) is 185 cm³/mol. The summed E-state index contributed by atoms with van der Waals surface area (Å²) in [5.74, 6) is 1.67. The van der Waals surface area contributed by atoms with Crippen LogP contribution in [0.2, 0.25) is 0 Å². The molecule has 2 N–H and O–H groups in total. The van der Waals surface area contributed by atoms with Crippen LogP contribution < -0.4 is 15.4 Å². The zero-order valence-corrected chi connectivity index (χ0v) is 25.0. The molecule has 5 aromatic carbocycles. The molecule has 0 saturated heterocycles. The van der Waals surface area contributed by atoms with Crippen molar-refractivity contribution < 1.29 is 4.74 Å². The molecule has 0 bridgehead atoms. The first-order valence-electron chi connectivity index (χ1n) is 15.6. The Balaban J connectivity index is 1.24. The molecule has 9 rings (SSSR count). The van der Waals surface area contributed by atoms with Gasteiger partial charge in [0.2, 0.25) is 0 Å². The fraction of sp³-hybridized carbons (Fsp3) is 0.0488. The van der Waals surface area contributed by atoms with Gasteiger partial charge in [-0.2, -0.15) is 0 Å². The van der Waals surface area contributed by atoms with Crippen molar-refractivity contribution >= 4 is 16.7 Å². The van der Waals surface area contributed by atoms with Crippen LogP contribution in [0.3, 0.4) is 0 Å². The summed E-state index contributed by atoms with van der Waals surface area (Å²) < 4.78 is 8.85. The normalized spacial score (nSPS) is 16.7. The lowest BCUT2D eigenvalue weighted by Crippen LogP contribution is -2.39. The second-order valence-corrected chi connectivity index (χ2v) is 11.7. The number of ether oxygens (including phenoxy) is 1. The van der Waals surface area contributed by atoms with Crippen LogP contribution in [0.5, 0.6) is 11.5 Å². The number of nitrogens with one attached hydrogen (secondary N) is 2. The zero-order valence-electron chi connectivity index (χ0n) is 25.0. The zero-order chi connectivity index (χ0) is 30.5. The van der Waals surface area contributed by atoms with E-state index in [-0.39, 0.29) is 12.2 Å². The first kappa shape index (κ1) is 26.5. The molecule has 2 aliphatic rings. The number of rotatable bonds is 4. The molecule has 7 aromatic rings. The van der Waals surface area contributed by atoms with Gasteiger partial charge in [0.05, 0.1) is 11.7 Å². The van der Waals surface area contributed by atoms with Gasteiger partial charge in [-0.15, -0.1) is 0 Å². The molecule has 0 saturated carbocycles. The molecule has 0 fully saturated rings. The van der Waals surface area contributed by atoms with Crippen LogP contribution in [-0.4, -0.2) is 9.55 Å². The van der Waals surface area contributed by atoms with Gasteiger partial charge in [-0.3, -0.25) is 9.88 Å². The van der Waals surface area contributed by atoms with Gasteiger partial charge in [-0.1, -0.05) is 103 Å². The van der Waals surface area contributed by atoms with Crippen LogP contribution in [0, 0.1) is 0 Å². The van der Waals surface area contributed by atoms with Gasteiger partial charge in [-0.05, 0) is 65.2 Å². The molecule has 5 heteroatoms. The van der Waals surface area contributed by atoms with Crippen molar-refractivity contribution in [2.24, 2.45) is 0 Å². The molecule has 2 unspecified atom stereocenters. The highest BCUT2D eigenvalue weighted by atomic mass is 16.5. The van der Waals surface area contributed by atoms with Crippen LogP contribution in [0.4, 0.5) is 0 Å². The highest BCUT2D eigenvalue weighted by molar-refractivity contribution is 6.07. The minimum Gasteiger partial charge on any atom is -0.456 e. The Morgan fingerprint density at radius 3 is 2.15 bits per heavy atom. The van der Waals surface area contributed by atoms with Gasteiger partial charge < -0.3 is 10.1 Å². The average Bonchev–Trinajstić information content (AvgIpc) is 3.40. The first-order chi connectivity index (χ1) is 22.8. The molecule has 0 spiro atoms. The third-order valence-corrected chi connectivity index (χ3v) is 8.93. The van der Waals surface area contributed by atoms with E-state index in [9.17, 15) is 0 Å². The second kappa shape index (κ2) is 10.9. The first-order valence-corrected chi connectivity index (χ1v) is 15.6. The summed E-state index contributed by atoms with van der Waals surface area (Å²) in [5, 5.41) is 8.69. The smallest absolute Gasteiger partial charge is 0.145 e. The summed E-state index contributed by atoms with van der Waals surface area (Å²) in [6.07, 6.45) is 4.12. The molecule has 2 aromatic heterocycles. The Bertz CT molecular complexity index is 2250. The quantitative estimate of drug-likeness (QED) is 0.213. The van der Waals surface area contributed by atoms with Gasteiger partial charge >= 0.3 is 0 Å². The minimum atomic E-state index is -0.0547. The lowest BCUT2D eigenvalue weighted by atomic mass is 9.97. The van der Waals surface area contributed by atoms with Gasteiger partial charge in [0.1, 0.15) is 23.3 Å². The van der Waals surface area contributed by atoms with Crippen LogP contribution in [0.1, 0.15) is 28.9 Å². The second-order valence-electron chi connectivity index (χ2n) is 11.7. The maximum absolute atomic E-state index is 6.55. The van der Waals surface area contributed by atoms with E-state index >= 15 is 0 Å². The van der Waals surface area contributed by atoms with E-state index in [2.05, 4.69) is 137 Å². The van der Waals surface area contributed by atoms with Gasteiger partial charge in [-0.25, -0.2) is 4.98 Å². The Morgan fingerprint density at radius 1 is 0.630 bits per heavy atom. The van der Waals surface area contributed by atoms with E-state index in [1.54, 1.807) is 0 Å². The molecule has 0 amide bonds. The highest BCUT2D eigenvalue weighted by Crippen LogP contribution is 2.51.